The highest BCUT2D eigenvalue weighted by Gasteiger charge is 2.16. The van der Waals surface area contributed by atoms with Crippen molar-refractivity contribution in [1.82, 2.24) is 20.6 Å². The molecule has 2 N–H and O–H groups in total. The van der Waals surface area contributed by atoms with Crippen molar-refractivity contribution in [3.05, 3.63) is 56.1 Å². The number of nitrogens with zero attached hydrogens (tertiary/aromatic N) is 4. The predicted octanol–water partition coefficient (Wildman–Crippen LogP) is 3.12. The molecule has 9 heteroatoms. The smallest absolute Gasteiger partial charge is 0.292 e. The minimum absolute atomic E-state index is 0.0221. The zero-order valence-electron chi connectivity index (χ0n) is 11.0. The van der Waals surface area contributed by atoms with E-state index in [1.54, 1.807) is 12.1 Å². The van der Waals surface area contributed by atoms with Crippen molar-refractivity contribution in [2.75, 3.05) is 5.32 Å². The summed E-state index contributed by atoms with van der Waals surface area (Å²) < 4.78 is 1.03. The van der Waals surface area contributed by atoms with Gasteiger partial charge in [0.15, 0.2) is 0 Å². The molecule has 0 radical (unpaired) electrons. The number of nitrogens with one attached hydrogen (secondary N) is 2. The van der Waals surface area contributed by atoms with E-state index in [-0.39, 0.29) is 5.69 Å². The van der Waals surface area contributed by atoms with Gasteiger partial charge < -0.3 is 5.32 Å². The largest absolute Gasteiger partial charge is 0.350 e. The van der Waals surface area contributed by atoms with Crippen molar-refractivity contribution in [2.24, 2.45) is 0 Å². The van der Waals surface area contributed by atoms with Gasteiger partial charge in [0.05, 0.1) is 4.92 Å². The molecule has 110 valence electrons. The van der Waals surface area contributed by atoms with Gasteiger partial charge in [0.25, 0.3) is 5.69 Å². The lowest BCUT2D eigenvalue weighted by Gasteiger charge is -2.08. The molecule has 8 nitrogen and oxygen atoms in total. The van der Waals surface area contributed by atoms with Gasteiger partial charge in [-0.15, -0.1) is 10.2 Å². The summed E-state index contributed by atoms with van der Waals surface area (Å²) in [4.78, 5) is 10.8. The average Bonchev–Trinajstić information content (AvgIpc) is 3.01. The number of benzene rings is 2. The SMILES string of the molecule is O=[N+]([O-])c1ccc(-c2nn[nH]n2)cc1Nc1cccc(I)c1. The highest BCUT2D eigenvalue weighted by molar-refractivity contribution is 14.1. The normalized spacial score (nSPS) is 10.4. The van der Waals surface area contributed by atoms with Crippen LogP contribution < -0.4 is 5.32 Å². The topological polar surface area (TPSA) is 110 Å². The first kappa shape index (κ1) is 14.4. The van der Waals surface area contributed by atoms with E-state index in [0.717, 1.165) is 9.26 Å². The molecule has 0 bridgehead atoms. The number of nitro benzene ring substituents is 1. The Hall–Kier alpha value is -2.56. The van der Waals surface area contributed by atoms with Crippen LogP contribution in [0.1, 0.15) is 0 Å². The number of hydrogen-bond acceptors (Lipinski definition) is 6. The second-order valence-corrected chi connectivity index (χ2v) is 5.61. The molecule has 0 aliphatic heterocycles. The number of halogens is 1. The van der Waals surface area contributed by atoms with Crippen molar-refractivity contribution in [1.29, 1.82) is 0 Å². The van der Waals surface area contributed by atoms with Crippen LogP contribution >= 0.6 is 22.6 Å². The minimum Gasteiger partial charge on any atom is -0.350 e. The molecule has 3 rings (SSSR count). The van der Waals surface area contributed by atoms with Crippen LogP contribution in [0.3, 0.4) is 0 Å². The number of rotatable bonds is 4. The molecule has 0 aliphatic rings. The van der Waals surface area contributed by atoms with E-state index < -0.39 is 4.92 Å². The van der Waals surface area contributed by atoms with Crippen LogP contribution in [0.5, 0.6) is 0 Å². The number of aromatic nitrogens is 4. The molecule has 22 heavy (non-hydrogen) atoms. The Morgan fingerprint density at radius 1 is 1.23 bits per heavy atom. The monoisotopic (exact) mass is 408 g/mol. The van der Waals surface area contributed by atoms with E-state index in [9.17, 15) is 10.1 Å². The summed E-state index contributed by atoms with van der Waals surface area (Å²) in [6.07, 6.45) is 0. The van der Waals surface area contributed by atoms with Gasteiger partial charge in [-0.2, -0.15) is 5.21 Å². The lowest BCUT2D eigenvalue weighted by atomic mass is 10.1. The fourth-order valence-corrected chi connectivity index (χ4v) is 2.48. The molecular formula is C13H9IN6O2. The fourth-order valence-electron chi connectivity index (χ4n) is 1.94. The van der Waals surface area contributed by atoms with Crippen LogP contribution in [0.25, 0.3) is 11.4 Å². The molecule has 2 aromatic carbocycles. The Morgan fingerprint density at radius 3 is 2.77 bits per heavy atom. The molecule has 0 saturated carbocycles. The highest BCUT2D eigenvalue weighted by Crippen LogP contribution is 2.31. The van der Waals surface area contributed by atoms with E-state index in [4.69, 9.17) is 0 Å². The minimum atomic E-state index is -0.434. The van der Waals surface area contributed by atoms with Crippen molar-refractivity contribution in [3.63, 3.8) is 0 Å². The Balaban J connectivity index is 2.03. The summed E-state index contributed by atoms with van der Waals surface area (Å²) in [6.45, 7) is 0. The Labute approximate surface area is 138 Å². The second-order valence-electron chi connectivity index (χ2n) is 4.36. The van der Waals surface area contributed by atoms with E-state index in [2.05, 4.69) is 48.5 Å². The first-order valence-electron chi connectivity index (χ1n) is 6.18. The van der Waals surface area contributed by atoms with Crippen LogP contribution in [0.2, 0.25) is 0 Å². The standard InChI is InChI=1S/C13H9IN6O2/c14-9-2-1-3-10(7-9)15-11-6-8(13-16-18-19-17-13)4-5-12(11)20(21)22/h1-7,15H,(H,16,17,18,19). The number of tetrazole rings is 1. The molecular weight excluding hydrogens is 399 g/mol. The maximum atomic E-state index is 11.2. The number of H-pyrrole nitrogens is 1. The molecule has 1 heterocycles. The van der Waals surface area contributed by atoms with Crippen molar-refractivity contribution >= 4 is 39.7 Å². The number of anilines is 2. The molecule has 3 aromatic rings. The van der Waals surface area contributed by atoms with Gasteiger partial charge in [-0.05, 0) is 58.1 Å². The molecule has 0 atom stereocenters. The third kappa shape index (κ3) is 3.03. The van der Waals surface area contributed by atoms with Gasteiger partial charge in [-0.3, -0.25) is 10.1 Å². The number of nitro groups is 1. The summed E-state index contributed by atoms with van der Waals surface area (Å²) in [5.74, 6) is 0.376. The van der Waals surface area contributed by atoms with Gasteiger partial charge in [0.1, 0.15) is 5.69 Å². The fraction of sp³-hybridized carbons (Fsp3) is 0. The second kappa shape index (κ2) is 6.05. The summed E-state index contributed by atoms with van der Waals surface area (Å²) in [6, 6.07) is 12.2. The summed E-state index contributed by atoms with van der Waals surface area (Å²) in [5, 5.41) is 27.9. The van der Waals surface area contributed by atoms with Gasteiger partial charge in [0.2, 0.25) is 5.82 Å². The Bertz CT molecular complexity index is 821. The van der Waals surface area contributed by atoms with Crippen LogP contribution in [-0.4, -0.2) is 25.5 Å². The zero-order chi connectivity index (χ0) is 15.5. The van der Waals surface area contributed by atoms with E-state index in [1.165, 1.54) is 6.07 Å². The Kier molecular flexibility index (Phi) is 3.96. The zero-order valence-corrected chi connectivity index (χ0v) is 13.2. The van der Waals surface area contributed by atoms with Crippen molar-refractivity contribution < 1.29 is 4.92 Å². The molecule has 1 aromatic heterocycles. The number of hydrogen-bond donors (Lipinski definition) is 2. The third-order valence-electron chi connectivity index (χ3n) is 2.90. The van der Waals surface area contributed by atoms with Crippen LogP contribution in [0, 0.1) is 13.7 Å². The Morgan fingerprint density at radius 2 is 2.09 bits per heavy atom. The molecule has 0 amide bonds. The van der Waals surface area contributed by atoms with Gasteiger partial charge in [-0.25, -0.2) is 0 Å². The van der Waals surface area contributed by atoms with Crippen LogP contribution in [0.4, 0.5) is 17.1 Å². The quantitative estimate of drug-likeness (QED) is 0.390. The molecule has 0 saturated heterocycles. The van der Waals surface area contributed by atoms with Gasteiger partial charge >= 0.3 is 0 Å². The van der Waals surface area contributed by atoms with Crippen LogP contribution in [-0.2, 0) is 0 Å². The summed E-state index contributed by atoms with van der Waals surface area (Å²) in [5.41, 5.74) is 1.74. The first-order chi connectivity index (χ1) is 10.6. The van der Waals surface area contributed by atoms with E-state index in [0.29, 0.717) is 17.1 Å². The molecule has 0 spiro atoms. The van der Waals surface area contributed by atoms with Gasteiger partial charge in [0, 0.05) is 20.9 Å². The van der Waals surface area contributed by atoms with Crippen LogP contribution in [0.15, 0.2) is 42.5 Å². The summed E-state index contributed by atoms with van der Waals surface area (Å²) in [7, 11) is 0. The van der Waals surface area contributed by atoms with E-state index >= 15 is 0 Å². The third-order valence-corrected chi connectivity index (χ3v) is 3.57. The van der Waals surface area contributed by atoms with Crippen molar-refractivity contribution in [2.45, 2.75) is 0 Å². The lowest BCUT2D eigenvalue weighted by Crippen LogP contribution is -1.98. The van der Waals surface area contributed by atoms with Gasteiger partial charge in [-0.1, -0.05) is 6.07 Å². The maximum absolute atomic E-state index is 11.2. The summed E-state index contributed by atoms with van der Waals surface area (Å²) >= 11 is 2.18. The molecule has 0 fully saturated rings. The maximum Gasteiger partial charge on any atom is 0.292 e. The van der Waals surface area contributed by atoms with Crippen molar-refractivity contribution in [3.8, 4) is 11.4 Å². The predicted molar refractivity (Wildman–Crippen MR) is 88.7 cm³/mol. The lowest BCUT2D eigenvalue weighted by molar-refractivity contribution is -0.383. The first-order valence-corrected chi connectivity index (χ1v) is 7.26. The molecule has 0 aliphatic carbocycles. The van der Waals surface area contributed by atoms with E-state index in [1.807, 2.05) is 24.3 Å². The number of aromatic amines is 1. The molecule has 0 unspecified atom stereocenters. The average molecular weight is 408 g/mol. The highest BCUT2D eigenvalue weighted by atomic mass is 127.